The third kappa shape index (κ3) is 4.74. The van der Waals surface area contributed by atoms with E-state index in [9.17, 15) is 10.1 Å². The van der Waals surface area contributed by atoms with Crippen LogP contribution in [0.3, 0.4) is 0 Å². The van der Waals surface area contributed by atoms with Crippen LogP contribution in [0.2, 0.25) is 0 Å². The van der Waals surface area contributed by atoms with Gasteiger partial charge in [0.1, 0.15) is 0 Å². The molecule has 4 aliphatic rings. The number of nitriles is 1. The first kappa shape index (κ1) is 25.8. The average Bonchev–Trinajstić information content (AvgIpc) is 3.65. The molecule has 0 bridgehead atoms. The van der Waals surface area contributed by atoms with E-state index < -0.39 is 0 Å². The number of fused-ring (bicyclic) bond motifs is 1. The summed E-state index contributed by atoms with van der Waals surface area (Å²) in [5.74, 6) is 1.50. The quantitative estimate of drug-likeness (QED) is 0.395. The molecule has 2 aliphatic carbocycles. The molecular formula is C34H41N5O. The summed E-state index contributed by atoms with van der Waals surface area (Å²) < 4.78 is 0. The Bertz CT molecular complexity index is 1450. The van der Waals surface area contributed by atoms with Gasteiger partial charge in [-0.25, -0.2) is 0 Å². The standard InChI is InChI=1S/C34H41N5O/c1-22-13-29(25-3-4-25)30(28-9-11-36-32(22)28)21-39-12-10-34(14-23(15-34)17-35)16-31(39)26-5-7-27(8-6-26)33(40)37-18-24-19-38(2)20-24/h5-9,11,13,23-25,31,36H,3-4,10,12,14-16,18-21H2,1-2H3,(H,37,40)/t23?,31-,34?/m0/s1. The van der Waals surface area contributed by atoms with E-state index in [1.807, 2.05) is 12.1 Å². The summed E-state index contributed by atoms with van der Waals surface area (Å²) in [6.45, 7) is 7.09. The van der Waals surface area contributed by atoms with Crippen molar-refractivity contribution in [1.82, 2.24) is 20.1 Å². The fourth-order valence-corrected chi connectivity index (χ4v) is 7.93. The zero-order chi connectivity index (χ0) is 27.4. The molecule has 6 nitrogen and oxygen atoms in total. The predicted octanol–water partition coefficient (Wildman–Crippen LogP) is 5.90. The van der Waals surface area contributed by atoms with Gasteiger partial charge >= 0.3 is 0 Å². The van der Waals surface area contributed by atoms with Gasteiger partial charge in [-0.05, 0) is 111 Å². The lowest BCUT2D eigenvalue weighted by molar-refractivity contribution is -0.0297. The highest BCUT2D eigenvalue weighted by molar-refractivity contribution is 5.94. The number of hydrogen-bond donors (Lipinski definition) is 2. The summed E-state index contributed by atoms with van der Waals surface area (Å²) >= 11 is 0. The second-order valence-electron chi connectivity index (χ2n) is 13.4. The van der Waals surface area contributed by atoms with Crippen LogP contribution in [0, 0.1) is 35.5 Å². The third-order valence-corrected chi connectivity index (χ3v) is 10.4. The number of aromatic nitrogens is 1. The Balaban J connectivity index is 1.15. The van der Waals surface area contributed by atoms with Crippen LogP contribution in [0.1, 0.15) is 83.1 Å². The first-order valence-electron chi connectivity index (χ1n) is 15.2. The van der Waals surface area contributed by atoms with Gasteiger partial charge < -0.3 is 15.2 Å². The number of hydrogen-bond acceptors (Lipinski definition) is 4. The van der Waals surface area contributed by atoms with E-state index in [-0.39, 0.29) is 17.2 Å². The van der Waals surface area contributed by atoms with Gasteiger partial charge in [0.05, 0.1) is 6.07 Å². The average molecular weight is 536 g/mol. The smallest absolute Gasteiger partial charge is 0.251 e. The highest BCUT2D eigenvalue weighted by Crippen LogP contribution is 2.57. The van der Waals surface area contributed by atoms with Crippen molar-refractivity contribution in [2.24, 2.45) is 17.3 Å². The molecule has 1 spiro atoms. The van der Waals surface area contributed by atoms with E-state index in [1.54, 1.807) is 5.56 Å². The Morgan fingerprint density at radius 3 is 2.62 bits per heavy atom. The number of piperidine rings is 1. The van der Waals surface area contributed by atoms with Crippen molar-refractivity contribution >= 4 is 16.8 Å². The minimum Gasteiger partial charge on any atom is -0.361 e. The topological polar surface area (TPSA) is 75.2 Å². The van der Waals surface area contributed by atoms with Gasteiger partial charge in [-0.3, -0.25) is 9.69 Å². The molecule has 2 aliphatic heterocycles. The van der Waals surface area contributed by atoms with E-state index in [0.717, 1.165) is 57.5 Å². The van der Waals surface area contributed by atoms with Gasteiger partial charge in [-0.15, -0.1) is 0 Å². The summed E-state index contributed by atoms with van der Waals surface area (Å²) in [6, 6.07) is 15.9. The van der Waals surface area contributed by atoms with Crippen LogP contribution in [0.15, 0.2) is 42.6 Å². The first-order valence-corrected chi connectivity index (χ1v) is 15.2. The van der Waals surface area contributed by atoms with Crippen LogP contribution in [0.4, 0.5) is 0 Å². The third-order valence-electron chi connectivity index (χ3n) is 10.4. The van der Waals surface area contributed by atoms with E-state index in [4.69, 9.17) is 0 Å². The number of aryl methyl sites for hydroxylation is 1. The van der Waals surface area contributed by atoms with Crippen LogP contribution < -0.4 is 5.32 Å². The molecule has 3 aromatic rings. The summed E-state index contributed by atoms with van der Waals surface area (Å²) in [6.07, 6.45) is 9.00. The maximum Gasteiger partial charge on any atom is 0.251 e. The minimum absolute atomic E-state index is 0.0255. The lowest BCUT2D eigenvalue weighted by Gasteiger charge is -2.53. The van der Waals surface area contributed by atoms with Crippen LogP contribution >= 0.6 is 0 Å². The number of amides is 1. The summed E-state index contributed by atoms with van der Waals surface area (Å²) in [4.78, 5) is 21.3. The Hall–Kier alpha value is -3.14. The van der Waals surface area contributed by atoms with E-state index in [0.29, 0.717) is 17.9 Å². The molecule has 208 valence electrons. The van der Waals surface area contributed by atoms with Gasteiger partial charge in [0.2, 0.25) is 0 Å². The number of H-pyrrole nitrogens is 1. The zero-order valence-corrected chi connectivity index (χ0v) is 23.9. The Morgan fingerprint density at radius 1 is 1.15 bits per heavy atom. The number of rotatable bonds is 7. The number of likely N-dealkylation sites (tertiary alicyclic amines) is 2. The molecule has 0 radical (unpaired) electrons. The van der Waals surface area contributed by atoms with E-state index in [1.165, 1.54) is 46.9 Å². The molecule has 6 heteroatoms. The van der Waals surface area contributed by atoms with Crippen molar-refractivity contribution in [2.75, 3.05) is 33.2 Å². The van der Waals surface area contributed by atoms with E-state index in [2.05, 4.69) is 70.6 Å². The van der Waals surface area contributed by atoms with E-state index >= 15 is 0 Å². The molecule has 1 aromatic heterocycles. The minimum atomic E-state index is 0.0255. The highest BCUT2D eigenvalue weighted by Gasteiger charge is 2.49. The van der Waals surface area contributed by atoms with Gasteiger partial charge in [0.25, 0.3) is 5.91 Å². The SMILES string of the molecule is Cc1cc(C2CC2)c(CN2CCC3(CC(C#N)C3)C[C@H]2c2ccc(C(=O)NCC3CN(C)C3)cc2)c2cc[nH]c12. The molecule has 0 unspecified atom stereocenters. The van der Waals surface area contributed by atoms with Crippen molar-refractivity contribution in [2.45, 2.75) is 64.0 Å². The van der Waals surface area contributed by atoms with Crippen LogP contribution in [-0.2, 0) is 6.54 Å². The molecule has 3 heterocycles. The normalized spacial score (nSPS) is 27.3. The Morgan fingerprint density at radius 2 is 1.93 bits per heavy atom. The molecule has 2 saturated carbocycles. The maximum absolute atomic E-state index is 12.9. The molecule has 2 aromatic carbocycles. The van der Waals surface area contributed by atoms with Crippen LogP contribution in [-0.4, -0.2) is 53.9 Å². The molecule has 2 saturated heterocycles. The lowest BCUT2D eigenvalue weighted by atomic mass is 9.56. The summed E-state index contributed by atoms with van der Waals surface area (Å²) in [5.41, 5.74) is 7.96. The number of aromatic amines is 1. The molecule has 1 amide bonds. The van der Waals surface area contributed by atoms with Crippen molar-refractivity contribution in [1.29, 1.82) is 5.26 Å². The van der Waals surface area contributed by atoms with Gasteiger partial charge in [0, 0.05) is 66.7 Å². The molecule has 2 N–H and O–H groups in total. The van der Waals surface area contributed by atoms with Crippen molar-refractivity contribution in [3.8, 4) is 6.07 Å². The van der Waals surface area contributed by atoms with Crippen LogP contribution in [0.25, 0.3) is 10.9 Å². The lowest BCUT2D eigenvalue weighted by Crippen LogP contribution is -2.49. The highest BCUT2D eigenvalue weighted by atomic mass is 16.1. The summed E-state index contributed by atoms with van der Waals surface area (Å²) in [7, 11) is 2.12. The number of benzene rings is 2. The largest absolute Gasteiger partial charge is 0.361 e. The second kappa shape index (κ2) is 10.0. The molecule has 7 rings (SSSR count). The van der Waals surface area contributed by atoms with Gasteiger partial charge in [0.15, 0.2) is 0 Å². The number of carbonyl (C=O) groups is 1. The monoisotopic (exact) mass is 535 g/mol. The first-order chi connectivity index (χ1) is 19.4. The van der Waals surface area contributed by atoms with Crippen molar-refractivity contribution < 1.29 is 4.79 Å². The number of nitrogens with zero attached hydrogens (tertiary/aromatic N) is 3. The predicted molar refractivity (Wildman–Crippen MR) is 158 cm³/mol. The number of carbonyl (C=O) groups excluding carboxylic acids is 1. The summed E-state index contributed by atoms with van der Waals surface area (Å²) in [5, 5.41) is 14.0. The maximum atomic E-state index is 12.9. The Labute approximate surface area is 237 Å². The van der Waals surface area contributed by atoms with Crippen molar-refractivity contribution in [3.05, 3.63) is 70.4 Å². The van der Waals surface area contributed by atoms with Gasteiger partial charge in [-0.1, -0.05) is 18.2 Å². The van der Waals surface area contributed by atoms with Gasteiger partial charge in [-0.2, -0.15) is 5.26 Å². The second-order valence-corrected chi connectivity index (χ2v) is 13.4. The number of nitrogens with one attached hydrogen (secondary N) is 2. The fraction of sp³-hybridized carbons (Fsp3) is 0.529. The van der Waals surface area contributed by atoms with Crippen LogP contribution in [0.5, 0.6) is 0 Å². The van der Waals surface area contributed by atoms with Crippen molar-refractivity contribution in [3.63, 3.8) is 0 Å². The Kier molecular flexibility index (Phi) is 6.48. The molecular weight excluding hydrogens is 494 g/mol. The molecule has 40 heavy (non-hydrogen) atoms. The molecule has 4 fully saturated rings. The molecule has 1 atom stereocenters. The fourth-order valence-electron chi connectivity index (χ4n) is 7.93. The zero-order valence-electron chi connectivity index (χ0n) is 23.9.